The third kappa shape index (κ3) is 35.5. The zero-order valence-corrected chi connectivity index (χ0v) is 31.9. The third-order valence-corrected chi connectivity index (χ3v) is 8.97. The lowest BCUT2D eigenvalue weighted by Gasteiger charge is -2.18. The van der Waals surface area contributed by atoms with Crippen LogP contribution in [0, 0.1) is 11.8 Å². The first-order valence-electron chi connectivity index (χ1n) is 20.2. The summed E-state index contributed by atoms with van der Waals surface area (Å²) in [5, 5.41) is 0. The second-order valence-corrected chi connectivity index (χ2v) is 14.9. The van der Waals surface area contributed by atoms with Crippen LogP contribution in [0.3, 0.4) is 0 Å². The summed E-state index contributed by atoms with van der Waals surface area (Å²) in [4.78, 5) is 37.3. The zero-order valence-electron chi connectivity index (χ0n) is 31.9. The Balaban J connectivity index is 4.26. The maximum atomic E-state index is 12.6. The Bertz CT molecular complexity index is 719. The molecule has 0 aliphatic heterocycles. The molecule has 0 saturated carbocycles. The number of hydrogen-bond acceptors (Lipinski definition) is 6. The van der Waals surface area contributed by atoms with Gasteiger partial charge >= 0.3 is 17.9 Å². The zero-order chi connectivity index (χ0) is 34.8. The fourth-order valence-corrected chi connectivity index (χ4v) is 5.87. The van der Waals surface area contributed by atoms with E-state index < -0.39 is 6.10 Å². The Hall–Kier alpha value is -1.59. The lowest BCUT2D eigenvalue weighted by molar-refractivity contribution is -0.167. The van der Waals surface area contributed by atoms with Crippen LogP contribution >= 0.6 is 0 Å². The molecule has 0 aliphatic rings. The first-order chi connectivity index (χ1) is 22.7. The van der Waals surface area contributed by atoms with Crippen LogP contribution < -0.4 is 0 Å². The van der Waals surface area contributed by atoms with Gasteiger partial charge in [0.05, 0.1) is 0 Å². The molecule has 0 aliphatic carbocycles. The molecule has 0 rings (SSSR count). The molecule has 0 heterocycles. The Morgan fingerprint density at radius 2 is 0.702 bits per heavy atom. The Morgan fingerprint density at radius 1 is 0.404 bits per heavy atom. The van der Waals surface area contributed by atoms with Crippen LogP contribution in [0.15, 0.2) is 0 Å². The topological polar surface area (TPSA) is 78.9 Å². The lowest BCUT2D eigenvalue weighted by Crippen LogP contribution is -2.30. The number of esters is 3. The molecule has 0 aromatic rings. The summed E-state index contributed by atoms with van der Waals surface area (Å²) in [7, 11) is 0. The molecule has 1 atom stereocenters. The van der Waals surface area contributed by atoms with Crippen molar-refractivity contribution in [3.63, 3.8) is 0 Å². The maximum absolute atomic E-state index is 12.6. The summed E-state index contributed by atoms with van der Waals surface area (Å²) in [5.41, 5.74) is 0. The Morgan fingerprint density at radius 3 is 1.04 bits per heavy atom. The second kappa shape index (κ2) is 34.3. The van der Waals surface area contributed by atoms with E-state index in [1.807, 2.05) is 0 Å². The van der Waals surface area contributed by atoms with Gasteiger partial charge in [-0.25, -0.2) is 0 Å². The minimum atomic E-state index is -0.758. The van der Waals surface area contributed by atoms with Crippen molar-refractivity contribution in [2.24, 2.45) is 11.8 Å². The van der Waals surface area contributed by atoms with Crippen LogP contribution in [-0.2, 0) is 28.6 Å². The number of unbranched alkanes of at least 4 members (excludes halogenated alkanes) is 20. The highest BCUT2D eigenvalue weighted by Gasteiger charge is 2.19. The molecule has 0 radical (unpaired) electrons. The summed E-state index contributed by atoms with van der Waals surface area (Å²) in [6.07, 6.45) is 29.8. The highest BCUT2D eigenvalue weighted by molar-refractivity contribution is 5.71. The van der Waals surface area contributed by atoms with Gasteiger partial charge in [-0.05, 0) is 31.1 Å². The molecule has 0 N–H and O–H groups in total. The molecule has 0 fully saturated rings. The largest absolute Gasteiger partial charge is 0.462 e. The molecular weight excluding hydrogens is 588 g/mol. The van der Waals surface area contributed by atoms with Crippen molar-refractivity contribution >= 4 is 17.9 Å². The Kier molecular flexibility index (Phi) is 33.1. The minimum absolute atomic E-state index is 0.0671. The van der Waals surface area contributed by atoms with Crippen LogP contribution in [0.25, 0.3) is 0 Å². The fraction of sp³-hybridized carbons (Fsp3) is 0.927. The molecule has 6 nitrogen and oxygen atoms in total. The quantitative estimate of drug-likeness (QED) is 0.0380. The average molecular weight is 667 g/mol. The van der Waals surface area contributed by atoms with Gasteiger partial charge < -0.3 is 14.2 Å². The van der Waals surface area contributed by atoms with Crippen LogP contribution in [0.1, 0.15) is 214 Å². The molecule has 278 valence electrons. The smallest absolute Gasteiger partial charge is 0.306 e. The van der Waals surface area contributed by atoms with Crippen molar-refractivity contribution in [1.29, 1.82) is 0 Å². The molecule has 0 saturated heterocycles. The number of carbonyl (C=O) groups excluding carboxylic acids is 3. The normalized spacial score (nSPS) is 12.1. The second-order valence-electron chi connectivity index (χ2n) is 14.9. The average Bonchev–Trinajstić information content (AvgIpc) is 3.03. The Labute approximate surface area is 291 Å². The van der Waals surface area contributed by atoms with E-state index in [-0.39, 0.29) is 31.1 Å². The standard InChI is InChI=1S/C41H78O6/c1-6-7-8-19-26-31-39(42)45-34-38(47-41(44)33-28-23-18-14-10-12-16-21-25-30-37(4)5)35-46-40(43)32-27-22-17-13-9-11-15-20-24-29-36(2)3/h36-38H,6-35H2,1-5H3/t38-/m1/s1. The summed E-state index contributed by atoms with van der Waals surface area (Å²) in [5.74, 6) is 0.735. The van der Waals surface area contributed by atoms with Crippen LogP contribution in [0.4, 0.5) is 0 Å². The van der Waals surface area contributed by atoms with Crippen molar-refractivity contribution in [1.82, 2.24) is 0 Å². The summed E-state index contributed by atoms with van der Waals surface area (Å²) in [6.45, 7) is 11.2. The van der Waals surface area contributed by atoms with E-state index in [0.717, 1.165) is 76.0 Å². The van der Waals surface area contributed by atoms with Gasteiger partial charge in [0.2, 0.25) is 0 Å². The molecular formula is C41H78O6. The van der Waals surface area contributed by atoms with E-state index in [1.165, 1.54) is 96.3 Å². The van der Waals surface area contributed by atoms with E-state index in [9.17, 15) is 14.4 Å². The van der Waals surface area contributed by atoms with Crippen molar-refractivity contribution in [3.8, 4) is 0 Å². The minimum Gasteiger partial charge on any atom is -0.462 e. The third-order valence-electron chi connectivity index (χ3n) is 8.97. The van der Waals surface area contributed by atoms with Gasteiger partial charge in [-0.3, -0.25) is 14.4 Å². The van der Waals surface area contributed by atoms with E-state index >= 15 is 0 Å². The first kappa shape index (κ1) is 45.4. The number of rotatable bonds is 35. The van der Waals surface area contributed by atoms with Gasteiger partial charge in [-0.1, -0.05) is 176 Å². The van der Waals surface area contributed by atoms with Crippen LogP contribution in [0.2, 0.25) is 0 Å². The first-order valence-corrected chi connectivity index (χ1v) is 20.2. The van der Waals surface area contributed by atoms with E-state index in [4.69, 9.17) is 14.2 Å². The fourth-order valence-electron chi connectivity index (χ4n) is 5.87. The SMILES string of the molecule is CCCCCCCC(=O)OC[C@H](COC(=O)CCCCCCCCCCCC(C)C)OC(=O)CCCCCCCCCCCC(C)C. The van der Waals surface area contributed by atoms with Gasteiger partial charge in [0.25, 0.3) is 0 Å². The van der Waals surface area contributed by atoms with Crippen LogP contribution in [-0.4, -0.2) is 37.2 Å². The number of carbonyl (C=O) groups is 3. The summed E-state index contributed by atoms with van der Waals surface area (Å²) >= 11 is 0. The maximum Gasteiger partial charge on any atom is 0.306 e. The van der Waals surface area contributed by atoms with Crippen molar-refractivity contribution in [2.45, 2.75) is 221 Å². The molecule has 0 bridgehead atoms. The molecule has 47 heavy (non-hydrogen) atoms. The molecule has 0 aromatic heterocycles. The van der Waals surface area contributed by atoms with E-state index in [0.29, 0.717) is 19.3 Å². The van der Waals surface area contributed by atoms with Crippen molar-refractivity contribution in [2.75, 3.05) is 13.2 Å². The highest BCUT2D eigenvalue weighted by atomic mass is 16.6. The van der Waals surface area contributed by atoms with E-state index in [1.54, 1.807) is 0 Å². The monoisotopic (exact) mass is 667 g/mol. The van der Waals surface area contributed by atoms with Crippen LogP contribution in [0.5, 0.6) is 0 Å². The predicted octanol–water partition coefficient (Wildman–Crippen LogP) is 12.2. The molecule has 0 spiro atoms. The molecule has 0 aromatic carbocycles. The summed E-state index contributed by atoms with van der Waals surface area (Å²) < 4.78 is 16.5. The van der Waals surface area contributed by atoms with E-state index in [2.05, 4.69) is 34.6 Å². The van der Waals surface area contributed by atoms with Gasteiger partial charge in [0, 0.05) is 19.3 Å². The van der Waals surface area contributed by atoms with Gasteiger partial charge in [-0.15, -0.1) is 0 Å². The van der Waals surface area contributed by atoms with Gasteiger partial charge in [0.15, 0.2) is 6.10 Å². The number of ether oxygens (including phenoxy) is 3. The van der Waals surface area contributed by atoms with Crippen molar-refractivity contribution < 1.29 is 28.6 Å². The lowest BCUT2D eigenvalue weighted by atomic mass is 10.0. The van der Waals surface area contributed by atoms with Crippen molar-refractivity contribution in [3.05, 3.63) is 0 Å². The predicted molar refractivity (Wildman–Crippen MR) is 196 cm³/mol. The summed E-state index contributed by atoms with van der Waals surface area (Å²) in [6, 6.07) is 0. The highest BCUT2D eigenvalue weighted by Crippen LogP contribution is 2.16. The van der Waals surface area contributed by atoms with Gasteiger partial charge in [-0.2, -0.15) is 0 Å². The van der Waals surface area contributed by atoms with Gasteiger partial charge in [0.1, 0.15) is 13.2 Å². The number of hydrogen-bond donors (Lipinski definition) is 0. The molecule has 6 heteroatoms. The molecule has 0 unspecified atom stereocenters. The molecule has 0 amide bonds.